The van der Waals surface area contributed by atoms with Crippen molar-refractivity contribution in [1.82, 2.24) is 5.32 Å². The van der Waals surface area contributed by atoms with Gasteiger partial charge in [0.05, 0.1) is 7.11 Å². The Morgan fingerprint density at radius 2 is 2.00 bits per heavy atom. The molecule has 0 aliphatic rings. The number of aryl methyl sites for hydroxylation is 1. The Bertz CT molecular complexity index is 613. The van der Waals surface area contributed by atoms with E-state index in [4.69, 9.17) is 16.3 Å². The lowest BCUT2D eigenvalue weighted by molar-refractivity contribution is 0.0953. The summed E-state index contributed by atoms with van der Waals surface area (Å²) in [5, 5.41) is 3.46. The number of benzene rings is 2. The van der Waals surface area contributed by atoms with Gasteiger partial charge < -0.3 is 10.1 Å². The molecule has 2 aromatic rings. The van der Waals surface area contributed by atoms with Crippen molar-refractivity contribution in [1.29, 1.82) is 0 Å². The monoisotopic (exact) mass is 303 g/mol. The fourth-order valence-electron chi connectivity index (χ4n) is 2.05. The van der Waals surface area contributed by atoms with E-state index in [2.05, 4.69) is 11.4 Å². The minimum atomic E-state index is -0.0943. The Hall–Kier alpha value is -2.00. The van der Waals surface area contributed by atoms with Gasteiger partial charge in [-0.2, -0.15) is 0 Å². The summed E-state index contributed by atoms with van der Waals surface area (Å²) in [6.45, 7) is 0.628. The second-order valence-electron chi connectivity index (χ2n) is 4.72. The number of hydrogen-bond acceptors (Lipinski definition) is 2. The van der Waals surface area contributed by atoms with Crippen LogP contribution in [0.15, 0.2) is 48.5 Å². The van der Waals surface area contributed by atoms with E-state index in [9.17, 15) is 4.79 Å². The fraction of sp³-hybridized carbons (Fsp3) is 0.235. The Kier molecular flexibility index (Phi) is 5.64. The molecule has 0 saturated heterocycles. The predicted octanol–water partition coefficient (Wildman–Crippen LogP) is 3.71. The van der Waals surface area contributed by atoms with Gasteiger partial charge in [-0.3, -0.25) is 4.79 Å². The molecule has 2 aromatic carbocycles. The van der Waals surface area contributed by atoms with Crippen molar-refractivity contribution in [2.45, 2.75) is 12.8 Å². The van der Waals surface area contributed by atoms with Crippen LogP contribution in [-0.4, -0.2) is 19.6 Å². The zero-order chi connectivity index (χ0) is 15.1. The molecule has 0 aromatic heterocycles. The van der Waals surface area contributed by atoms with Gasteiger partial charge in [0.25, 0.3) is 5.91 Å². The number of methoxy groups -OCH3 is 1. The zero-order valence-corrected chi connectivity index (χ0v) is 12.7. The van der Waals surface area contributed by atoms with Gasteiger partial charge in [0.15, 0.2) is 0 Å². The first-order valence-corrected chi connectivity index (χ1v) is 7.23. The number of nitrogens with one attached hydrogen (secondary N) is 1. The predicted molar refractivity (Wildman–Crippen MR) is 85.1 cm³/mol. The Balaban J connectivity index is 1.78. The molecule has 0 fully saturated rings. The maximum absolute atomic E-state index is 11.9. The Labute approximate surface area is 129 Å². The van der Waals surface area contributed by atoms with Crippen LogP contribution in [0.1, 0.15) is 22.3 Å². The minimum absolute atomic E-state index is 0.0943. The number of rotatable bonds is 6. The summed E-state index contributed by atoms with van der Waals surface area (Å²) in [4.78, 5) is 11.9. The van der Waals surface area contributed by atoms with E-state index in [1.807, 2.05) is 18.2 Å². The number of amides is 1. The second kappa shape index (κ2) is 7.70. The van der Waals surface area contributed by atoms with Crippen LogP contribution in [0.2, 0.25) is 5.02 Å². The molecule has 0 spiro atoms. The van der Waals surface area contributed by atoms with E-state index in [1.165, 1.54) is 5.56 Å². The zero-order valence-electron chi connectivity index (χ0n) is 11.9. The first kappa shape index (κ1) is 15.4. The summed E-state index contributed by atoms with van der Waals surface area (Å²) in [7, 11) is 1.66. The quantitative estimate of drug-likeness (QED) is 0.826. The van der Waals surface area contributed by atoms with Crippen molar-refractivity contribution in [2.75, 3.05) is 13.7 Å². The van der Waals surface area contributed by atoms with Crippen molar-refractivity contribution in [2.24, 2.45) is 0 Å². The van der Waals surface area contributed by atoms with Crippen LogP contribution >= 0.6 is 11.6 Å². The van der Waals surface area contributed by atoms with Gasteiger partial charge in [-0.1, -0.05) is 29.8 Å². The van der Waals surface area contributed by atoms with E-state index in [1.54, 1.807) is 31.4 Å². The van der Waals surface area contributed by atoms with Gasteiger partial charge in [0.1, 0.15) is 5.75 Å². The van der Waals surface area contributed by atoms with Crippen LogP contribution in [0.3, 0.4) is 0 Å². The highest BCUT2D eigenvalue weighted by Crippen LogP contribution is 2.14. The maximum Gasteiger partial charge on any atom is 0.251 e. The average Bonchev–Trinajstić information content (AvgIpc) is 2.51. The molecular formula is C17H18ClNO2. The lowest BCUT2D eigenvalue weighted by atomic mass is 10.1. The van der Waals surface area contributed by atoms with Gasteiger partial charge in [-0.05, 0) is 48.7 Å². The van der Waals surface area contributed by atoms with E-state index in [0.717, 1.165) is 18.6 Å². The van der Waals surface area contributed by atoms with Crippen LogP contribution in [0, 0.1) is 0 Å². The summed E-state index contributed by atoms with van der Waals surface area (Å²) < 4.78 is 5.19. The molecule has 3 nitrogen and oxygen atoms in total. The van der Waals surface area contributed by atoms with Crippen LogP contribution in [0.4, 0.5) is 0 Å². The molecule has 0 bridgehead atoms. The topological polar surface area (TPSA) is 38.3 Å². The van der Waals surface area contributed by atoms with E-state index < -0.39 is 0 Å². The first-order chi connectivity index (χ1) is 10.2. The van der Waals surface area contributed by atoms with Crippen LogP contribution in [0.25, 0.3) is 0 Å². The highest BCUT2D eigenvalue weighted by atomic mass is 35.5. The van der Waals surface area contributed by atoms with Crippen LogP contribution in [-0.2, 0) is 6.42 Å². The first-order valence-electron chi connectivity index (χ1n) is 6.86. The number of halogens is 1. The second-order valence-corrected chi connectivity index (χ2v) is 5.16. The van der Waals surface area contributed by atoms with Crippen molar-refractivity contribution < 1.29 is 9.53 Å². The number of carbonyl (C=O) groups excluding carboxylic acids is 1. The van der Waals surface area contributed by atoms with Crippen molar-refractivity contribution in [3.63, 3.8) is 0 Å². The van der Waals surface area contributed by atoms with E-state index in [-0.39, 0.29) is 5.91 Å². The van der Waals surface area contributed by atoms with Gasteiger partial charge in [0.2, 0.25) is 0 Å². The normalized spacial score (nSPS) is 10.2. The standard InChI is InChI=1S/C17H18ClNO2/c1-21-16-9-2-5-13(11-16)6-4-10-19-17(20)14-7-3-8-15(18)12-14/h2-3,5,7-9,11-12H,4,6,10H2,1H3,(H,19,20). The van der Waals surface area contributed by atoms with Crippen LogP contribution < -0.4 is 10.1 Å². The molecule has 0 radical (unpaired) electrons. The average molecular weight is 304 g/mol. The third-order valence-electron chi connectivity index (χ3n) is 3.15. The van der Waals surface area contributed by atoms with Gasteiger partial charge in [-0.15, -0.1) is 0 Å². The van der Waals surface area contributed by atoms with Crippen molar-refractivity contribution in [3.05, 3.63) is 64.7 Å². The molecule has 21 heavy (non-hydrogen) atoms. The SMILES string of the molecule is COc1cccc(CCCNC(=O)c2cccc(Cl)c2)c1. The summed E-state index contributed by atoms with van der Waals surface area (Å²) in [6, 6.07) is 14.9. The van der Waals surface area contributed by atoms with Crippen molar-refractivity contribution in [3.8, 4) is 5.75 Å². The Morgan fingerprint density at radius 1 is 1.19 bits per heavy atom. The van der Waals surface area contributed by atoms with Crippen molar-refractivity contribution >= 4 is 17.5 Å². The number of ether oxygens (including phenoxy) is 1. The molecule has 2 rings (SSSR count). The highest BCUT2D eigenvalue weighted by Gasteiger charge is 2.05. The third-order valence-corrected chi connectivity index (χ3v) is 3.38. The van der Waals surface area contributed by atoms with Crippen LogP contribution in [0.5, 0.6) is 5.75 Å². The number of carbonyl (C=O) groups is 1. The molecule has 0 unspecified atom stereocenters. The van der Waals surface area contributed by atoms with Gasteiger partial charge in [-0.25, -0.2) is 0 Å². The molecule has 0 aliphatic heterocycles. The van der Waals surface area contributed by atoms with E-state index in [0.29, 0.717) is 17.1 Å². The Morgan fingerprint density at radius 3 is 2.76 bits per heavy atom. The summed E-state index contributed by atoms with van der Waals surface area (Å²) in [5.41, 5.74) is 1.79. The van der Waals surface area contributed by atoms with Gasteiger partial charge >= 0.3 is 0 Å². The summed E-state index contributed by atoms with van der Waals surface area (Å²) in [6.07, 6.45) is 1.77. The molecule has 1 N–H and O–H groups in total. The van der Waals surface area contributed by atoms with E-state index >= 15 is 0 Å². The molecule has 0 atom stereocenters. The third kappa shape index (κ3) is 4.80. The van der Waals surface area contributed by atoms with Gasteiger partial charge in [0, 0.05) is 17.1 Å². The molecule has 1 amide bonds. The molecule has 110 valence electrons. The maximum atomic E-state index is 11.9. The molecule has 4 heteroatoms. The lowest BCUT2D eigenvalue weighted by Crippen LogP contribution is -2.24. The molecule has 0 saturated carbocycles. The number of hydrogen-bond donors (Lipinski definition) is 1. The summed E-state index contributed by atoms with van der Waals surface area (Å²) >= 11 is 5.87. The smallest absolute Gasteiger partial charge is 0.251 e. The summed E-state index contributed by atoms with van der Waals surface area (Å²) in [5.74, 6) is 0.763. The molecular weight excluding hydrogens is 286 g/mol. The largest absolute Gasteiger partial charge is 0.497 e. The minimum Gasteiger partial charge on any atom is -0.497 e. The molecule has 0 aliphatic carbocycles. The fourth-order valence-corrected chi connectivity index (χ4v) is 2.24. The highest BCUT2D eigenvalue weighted by molar-refractivity contribution is 6.30. The lowest BCUT2D eigenvalue weighted by Gasteiger charge is -2.07. The molecule has 0 heterocycles.